The molecule has 0 saturated heterocycles. The van der Waals surface area contributed by atoms with Crippen molar-refractivity contribution in [2.45, 2.75) is 33.9 Å². The number of Topliss-reactive ketones (excluding diaryl/α,β-unsaturated/α-hetero) is 1. The van der Waals surface area contributed by atoms with Gasteiger partial charge < -0.3 is 4.90 Å². The molecule has 0 aliphatic rings. The molecule has 0 N–H and O–H groups in total. The number of hydrogen-bond donors (Lipinski definition) is 0. The number of hydrogen-bond acceptors (Lipinski definition) is 4. The van der Waals surface area contributed by atoms with Crippen molar-refractivity contribution in [2.75, 3.05) is 7.05 Å². The summed E-state index contributed by atoms with van der Waals surface area (Å²) in [5.74, 6) is -0.0955. The molecule has 0 spiro atoms. The van der Waals surface area contributed by atoms with Crippen LogP contribution in [0.2, 0.25) is 0 Å². The van der Waals surface area contributed by atoms with Crippen molar-refractivity contribution in [3.63, 3.8) is 0 Å². The molecule has 0 aliphatic heterocycles. The van der Waals surface area contributed by atoms with Crippen LogP contribution in [0.25, 0.3) is 10.9 Å². The predicted octanol–water partition coefficient (Wildman–Crippen LogP) is 2.91. The Morgan fingerprint density at radius 1 is 1.15 bits per heavy atom. The number of amides is 1. The molecule has 6 heteroatoms. The molecule has 1 aromatic carbocycles. The minimum absolute atomic E-state index is 0.0321. The van der Waals surface area contributed by atoms with E-state index in [4.69, 9.17) is 0 Å². The summed E-state index contributed by atoms with van der Waals surface area (Å²) in [6.45, 7) is 5.72. The zero-order valence-electron chi connectivity index (χ0n) is 15.5. The van der Waals surface area contributed by atoms with Crippen molar-refractivity contribution < 1.29 is 9.59 Å². The van der Waals surface area contributed by atoms with Gasteiger partial charge in [0.1, 0.15) is 6.54 Å². The van der Waals surface area contributed by atoms with Gasteiger partial charge in [-0.25, -0.2) is 0 Å². The minimum atomic E-state index is -0.0633. The van der Waals surface area contributed by atoms with Crippen molar-refractivity contribution in [1.82, 2.24) is 19.7 Å². The maximum atomic E-state index is 12.7. The average molecular weight is 350 g/mol. The van der Waals surface area contributed by atoms with Crippen LogP contribution < -0.4 is 0 Å². The van der Waals surface area contributed by atoms with Gasteiger partial charge in [-0.05, 0) is 38.5 Å². The van der Waals surface area contributed by atoms with E-state index in [-0.39, 0.29) is 18.2 Å². The number of rotatable bonds is 5. The van der Waals surface area contributed by atoms with Gasteiger partial charge in [-0.1, -0.05) is 18.2 Å². The topological polar surface area (TPSA) is 68.1 Å². The molecule has 0 aliphatic carbocycles. The summed E-state index contributed by atoms with van der Waals surface area (Å²) in [6.07, 6.45) is 1.76. The van der Waals surface area contributed by atoms with Crippen LogP contribution in [0.5, 0.6) is 0 Å². The number of aromatic nitrogens is 3. The van der Waals surface area contributed by atoms with Crippen LogP contribution in [-0.2, 0) is 17.9 Å². The molecular weight excluding hydrogens is 328 g/mol. The molecule has 0 unspecified atom stereocenters. The summed E-state index contributed by atoms with van der Waals surface area (Å²) in [7, 11) is 1.77. The van der Waals surface area contributed by atoms with Crippen molar-refractivity contribution in [3.8, 4) is 0 Å². The number of likely N-dealkylation sites (N-methyl/N-ethyl adjacent to an activating group) is 1. The third-order valence-electron chi connectivity index (χ3n) is 4.59. The van der Waals surface area contributed by atoms with Crippen LogP contribution in [-0.4, -0.2) is 38.4 Å². The maximum absolute atomic E-state index is 12.7. The Balaban J connectivity index is 1.78. The number of aryl methyl sites for hydroxylation is 1. The van der Waals surface area contributed by atoms with E-state index in [9.17, 15) is 9.59 Å². The van der Waals surface area contributed by atoms with Gasteiger partial charge in [-0.3, -0.25) is 19.3 Å². The molecule has 26 heavy (non-hydrogen) atoms. The summed E-state index contributed by atoms with van der Waals surface area (Å²) in [4.78, 5) is 30.4. The lowest BCUT2D eigenvalue weighted by Gasteiger charge is -2.19. The summed E-state index contributed by atoms with van der Waals surface area (Å²) in [5, 5.41) is 5.39. The fourth-order valence-electron chi connectivity index (χ4n) is 3.26. The molecule has 0 saturated carbocycles. The molecule has 2 heterocycles. The standard InChI is InChI=1S/C20H22N4O2/c1-13-20(15(3)25)14(2)24(22-13)12-19(26)23(4)11-16-7-5-9-18-17(16)8-6-10-21-18/h5-10H,11-12H2,1-4H3. The first-order valence-electron chi connectivity index (χ1n) is 8.50. The van der Waals surface area contributed by atoms with Crippen molar-refractivity contribution in [2.24, 2.45) is 0 Å². The average Bonchev–Trinajstić information content (AvgIpc) is 2.88. The molecule has 0 radical (unpaired) electrons. The highest BCUT2D eigenvalue weighted by Crippen LogP contribution is 2.18. The third-order valence-corrected chi connectivity index (χ3v) is 4.59. The van der Waals surface area contributed by atoms with E-state index in [1.165, 1.54) is 6.92 Å². The van der Waals surface area contributed by atoms with Gasteiger partial charge in [0.25, 0.3) is 0 Å². The van der Waals surface area contributed by atoms with Gasteiger partial charge >= 0.3 is 0 Å². The zero-order valence-corrected chi connectivity index (χ0v) is 15.5. The Labute approximate surface area is 152 Å². The highest BCUT2D eigenvalue weighted by atomic mass is 16.2. The fraction of sp³-hybridized carbons (Fsp3) is 0.300. The van der Waals surface area contributed by atoms with Crippen LogP contribution >= 0.6 is 0 Å². The lowest BCUT2D eigenvalue weighted by molar-refractivity contribution is -0.131. The number of fused-ring (bicyclic) bond motifs is 1. The van der Waals surface area contributed by atoms with Crippen LogP contribution in [0, 0.1) is 13.8 Å². The molecule has 6 nitrogen and oxygen atoms in total. The van der Waals surface area contributed by atoms with Crippen LogP contribution in [0.15, 0.2) is 36.5 Å². The van der Waals surface area contributed by atoms with E-state index in [1.54, 1.807) is 29.7 Å². The van der Waals surface area contributed by atoms with E-state index >= 15 is 0 Å². The number of nitrogens with zero attached hydrogens (tertiary/aromatic N) is 4. The van der Waals surface area contributed by atoms with E-state index < -0.39 is 0 Å². The second-order valence-corrected chi connectivity index (χ2v) is 6.50. The number of ketones is 1. The summed E-state index contributed by atoms with van der Waals surface area (Å²) in [5.41, 5.74) is 3.94. The van der Waals surface area contributed by atoms with Gasteiger partial charge in [0, 0.05) is 30.9 Å². The quantitative estimate of drug-likeness (QED) is 0.664. The summed E-state index contributed by atoms with van der Waals surface area (Å²) < 4.78 is 1.61. The van der Waals surface area contributed by atoms with Gasteiger partial charge in [0.05, 0.1) is 16.8 Å². The third kappa shape index (κ3) is 3.35. The first-order valence-corrected chi connectivity index (χ1v) is 8.50. The van der Waals surface area contributed by atoms with Crippen molar-refractivity contribution >= 4 is 22.6 Å². The molecule has 3 aromatic rings. The van der Waals surface area contributed by atoms with Crippen molar-refractivity contribution in [1.29, 1.82) is 0 Å². The minimum Gasteiger partial charge on any atom is -0.340 e. The number of pyridine rings is 1. The second-order valence-electron chi connectivity index (χ2n) is 6.50. The van der Waals surface area contributed by atoms with Gasteiger partial charge in [-0.15, -0.1) is 0 Å². The molecule has 134 valence electrons. The Kier molecular flexibility index (Phi) is 4.84. The van der Waals surface area contributed by atoms with Gasteiger partial charge in [0.15, 0.2) is 5.78 Å². The second kappa shape index (κ2) is 7.07. The molecule has 0 fully saturated rings. The molecule has 1 amide bonds. The van der Waals surface area contributed by atoms with E-state index in [1.807, 2.05) is 37.3 Å². The highest BCUT2D eigenvalue weighted by molar-refractivity contribution is 5.96. The summed E-state index contributed by atoms with van der Waals surface area (Å²) >= 11 is 0. The summed E-state index contributed by atoms with van der Waals surface area (Å²) in [6, 6.07) is 9.82. The Morgan fingerprint density at radius 2 is 1.92 bits per heavy atom. The first kappa shape index (κ1) is 17.8. The van der Waals surface area contributed by atoms with E-state index in [2.05, 4.69) is 10.1 Å². The monoisotopic (exact) mass is 350 g/mol. The Hall–Kier alpha value is -3.02. The van der Waals surface area contributed by atoms with Crippen molar-refractivity contribution in [3.05, 3.63) is 59.0 Å². The molecule has 3 rings (SSSR count). The molecule has 0 bridgehead atoms. The molecular formula is C20H22N4O2. The Bertz CT molecular complexity index is 985. The predicted molar refractivity (Wildman–Crippen MR) is 99.9 cm³/mol. The lowest BCUT2D eigenvalue weighted by atomic mass is 10.1. The number of carbonyl (C=O) groups excluding carboxylic acids is 2. The fourth-order valence-corrected chi connectivity index (χ4v) is 3.26. The van der Waals surface area contributed by atoms with E-state index in [0.717, 1.165) is 22.2 Å². The molecule has 2 aromatic heterocycles. The smallest absolute Gasteiger partial charge is 0.244 e. The van der Waals surface area contributed by atoms with Crippen LogP contribution in [0.4, 0.5) is 0 Å². The number of benzene rings is 1. The lowest BCUT2D eigenvalue weighted by Crippen LogP contribution is -2.30. The zero-order chi connectivity index (χ0) is 18.8. The highest BCUT2D eigenvalue weighted by Gasteiger charge is 2.18. The SMILES string of the molecule is CC(=O)c1c(C)nn(CC(=O)N(C)Cc2cccc3ncccc23)c1C. The maximum Gasteiger partial charge on any atom is 0.244 e. The normalized spacial score (nSPS) is 10.9. The van der Waals surface area contributed by atoms with Gasteiger partial charge in [0.2, 0.25) is 5.91 Å². The number of carbonyl (C=O) groups is 2. The first-order chi connectivity index (χ1) is 12.4. The van der Waals surface area contributed by atoms with E-state index in [0.29, 0.717) is 17.8 Å². The van der Waals surface area contributed by atoms with Crippen LogP contribution in [0.1, 0.15) is 34.2 Å². The molecule has 0 atom stereocenters. The van der Waals surface area contributed by atoms with Crippen LogP contribution in [0.3, 0.4) is 0 Å². The largest absolute Gasteiger partial charge is 0.340 e. The van der Waals surface area contributed by atoms with Gasteiger partial charge in [-0.2, -0.15) is 5.10 Å². The Morgan fingerprint density at radius 3 is 2.62 bits per heavy atom.